The summed E-state index contributed by atoms with van der Waals surface area (Å²) in [6, 6.07) is 8.86. The van der Waals surface area contributed by atoms with E-state index in [4.69, 9.17) is 5.21 Å². The fourth-order valence-electron chi connectivity index (χ4n) is 1.01. The van der Waals surface area contributed by atoms with Gasteiger partial charge in [0.1, 0.15) is 0 Å². The maximum absolute atomic E-state index is 9.57. The molecule has 0 fully saturated rings. The second kappa shape index (κ2) is 4.21. The number of rotatable bonds is 3. The maximum atomic E-state index is 9.57. The van der Waals surface area contributed by atoms with E-state index < -0.39 is 6.10 Å². The summed E-state index contributed by atoms with van der Waals surface area (Å²) < 4.78 is 0. The lowest BCUT2D eigenvalue weighted by atomic mass is 10.0. The number of nitrogens with one attached hydrogen (secondary N) is 1. The normalized spacial score (nSPS) is 15.6. The second-order valence-electron chi connectivity index (χ2n) is 2.77. The average Bonchev–Trinajstić information content (AvgIpc) is 2.17. The topological polar surface area (TPSA) is 52.5 Å². The van der Waals surface area contributed by atoms with E-state index in [-0.39, 0.29) is 6.04 Å². The molecule has 3 heteroatoms. The van der Waals surface area contributed by atoms with Gasteiger partial charge in [-0.3, -0.25) is 0 Å². The van der Waals surface area contributed by atoms with Crippen LogP contribution in [0.4, 0.5) is 0 Å². The Bertz CT molecular complexity index is 225. The number of hydrogen-bond donors (Lipinski definition) is 3. The molecule has 0 saturated carbocycles. The van der Waals surface area contributed by atoms with Crippen LogP contribution in [0.2, 0.25) is 0 Å². The van der Waals surface area contributed by atoms with Gasteiger partial charge in [-0.25, -0.2) is 0 Å². The van der Waals surface area contributed by atoms with Crippen LogP contribution in [0.3, 0.4) is 0 Å². The van der Waals surface area contributed by atoms with Crippen molar-refractivity contribution < 1.29 is 10.3 Å². The predicted octanol–water partition coefficient (Wildman–Crippen LogP) is 1.09. The highest BCUT2D eigenvalue weighted by Crippen LogP contribution is 2.15. The molecule has 0 saturated heterocycles. The Hall–Kier alpha value is -0.900. The van der Waals surface area contributed by atoms with Crippen LogP contribution in [0.15, 0.2) is 30.3 Å². The van der Waals surface area contributed by atoms with Crippen LogP contribution in [-0.2, 0) is 0 Å². The monoisotopic (exact) mass is 167 g/mol. The Morgan fingerprint density at radius 1 is 1.25 bits per heavy atom. The molecule has 0 aliphatic rings. The Balaban J connectivity index is 2.71. The fraction of sp³-hybridized carbons (Fsp3) is 0.333. The summed E-state index contributed by atoms with van der Waals surface area (Å²) in [4.78, 5) is 0. The van der Waals surface area contributed by atoms with Gasteiger partial charge in [0.15, 0.2) is 0 Å². The van der Waals surface area contributed by atoms with Crippen LogP contribution in [0.25, 0.3) is 0 Å². The van der Waals surface area contributed by atoms with Crippen molar-refractivity contribution in [3.8, 4) is 0 Å². The van der Waals surface area contributed by atoms with Crippen LogP contribution >= 0.6 is 0 Å². The molecule has 0 amide bonds. The molecule has 0 radical (unpaired) electrons. The van der Waals surface area contributed by atoms with E-state index in [1.807, 2.05) is 35.8 Å². The molecule has 1 aromatic rings. The van der Waals surface area contributed by atoms with Crippen LogP contribution < -0.4 is 5.48 Å². The summed E-state index contributed by atoms with van der Waals surface area (Å²) >= 11 is 0. The minimum absolute atomic E-state index is 0.354. The quantitative estimate of drug-likeness (QED) is 0.590. The van der Waals surface area contributed by atoms with Crippen molar-refractivity contribution in [3.63, 3.8) is 0 Å². The molecule has 2 atom stereocenters. The highest BCUT2D eigenvalue weighted by atomic mass is 16.5. The van der Waals surface area contributed by atoms with Crippen LogP contribution in [0.1, 0.15) is 18.6 Å². The van der Waals surface area contributed by atoms with E-state index >= 15 is 0 Å². The first-order valence-corrected chi connectivity index (χ1v) is 3.88. The van der Waals surface area contributed by atoms with Gasteiger partial charge < -0.3 is 10.3 Å². The van der Waals surface area contributed by atoms with Gasteiger partial charge in [0.2, 0.25) is 0 Å². The summed E-state index contributed by atoms with van der Waals surface area (Å²) in [7, 11) is 0. The first-order valence-electron chi connectivity index (χ1n) is 3.88. The number of aliphatic hydroxyl groups is 1. The second-order valence-corrected chi connectivity index (χ2v) is 2.77. The number of hydrogen-bond acceptors (Lipinski definition) is 3. The van der Waals surface area contributed by atoms with Gasteiger partial charge in [-0.2, -0.15) is 5.48 Å². The van der Waals surface area contributed by atoms with Gasteiger partial charge in [-0.15, -0.1) is 0 Å². The van der Waals surface area contributed by atoms with E-state index in [1.165, 1.54) is 0 Å². The Labute approximate surface area is 71.6 Å². The Morgan fingerprint density at radius 3 is 2.33 bits per heavy atom. The van der Waals surface area contributed by atoms with Gasteiger partial charge >= 0.3 is 0 Å². The van der Waals surface area contributed by atoms with Gasteiger partial charge in [0.25, 0.3) is 0 Å². The van der Waals surface area contributed by atoms with Crippen molar-refractivity contribution in [1.29, 1.82) is 0 Å². The van der Waals surface area contributed by atoms with Gasteiger partial charge in [0.05, 0.1) is 12.1 Å². The first kappa shape index (κ1) is 9.19. The van der Waals surface area contributed by atoms with Gasteiger partial charge in [-0.05, 0) is 12.5 Å². The molecular formula is C9H13NO2. The zero-order valence-corrected chi connectivity index (χ0v) is 6.94. The van der Waals surface area contributed by atoms with Gasteiger partial charge in [0, 0.05) is 0 Å². The molecule has 0 bridgehead atoms. The lowest BCUT2D eigenvalue weighted by Gasteiger charge is -2.16. The van der Waals surface area contributed by atoms with Crippen molar-refractivity contribution in [3.05, 3.63) is 35.9 Å². The Kier molecular flexibility index (Phi) is 3.22. The van der Waals surface area contributed by atoms with Crippen LogP contribution in [0.5, 0.6) is 0 Å². The molecule has 1 rings (SSSR count). The van der Waals surface area contributed by atoms with E-state index in [0.717, 1.165) is 5.56 Å². The minimum Gasteiger partial charge on any atom is -0.387 e. The van der Waals surface area contributed by atoms with E-state index in [1.54, 1.807) is 6.92 Å². The zero-order chi connectivity index (χ0) is 8.97. The molecule has 12 heavy (non-hydrogen) atoms. The highest BCUT2D eigenvalue weighted by Gasteiger charge is 2.13. The summed E-state index contributed by atoms with van der Waals surface area (Å²) in [5, 5.41) is 18.1. The molecule has 3 nitrogen and oxygen atoms in total. The van der Waals surface area contributed by atoms with Crippen molar-refractivity contribution >= 4 is 0 Å². The van der Waals surface area contributed by atoms with E-state index in [0.29, 0.717) is 0 Å². The van der Waals surface area contributed by atoms with E-state index in [2.05, 4.69) is 0 Å². The first-order chi connectivity index (χ1) is 5.75. The lowest BCUT2D eigenvalue weighted by molar-refractivity contribution is 0.0472. The van der Waals surface area contributed by atoms with E-state index in [9.17, 15) is 5.11 Å². The summed E-state index contributed by atoms with van der Waals surface area (Å²) in [6.45, 7) is 1.71. The SMILES string of the molecule is CC(NO)C(O)c1ccccc1. The molecule has 3 N–H and O–H groups in total. The summed E-state index contributed by atoms with van der Waals surface area (Å²) in [5.41, 5.74) is 2.81. The van der Waals surface area contributed by atoms with Crippen molar-refractivity contribution in [2.45, 2.75) is 19.1 Å². The lowest BCUT2D eigenvalue weighted by Crippen LogP contribution is -2.29. The third-order valence-electron chi connectivity index (χ3n) is 1.82. The third kappa shape index (κ3) is 2.04. The minimum atomic E-state index is -0.670. The largest absolute Gasteiger partial charge is 0.387 e. The molecule has 0 aliphatic carbocycles. The van der Waals surface area contributed by atoms with Crippen molar-refractivity contribution in [2.75, 3.05) is 0 Å². The average molecular weight is 167 g/mol. The number of benzene rings is 1. The molecule has 0 spiro atoms. The molecule has 0 aliphatic heterocycles. The molecule has 2 unspecified atom stereocenters. The predicted molar refractivity (Wildman–Crippen MR) is 45.8 cm³/mol. The maximum Gasteiger partial charge on any atom is 0.0963 e. The molecular weight excluding hydrogens is 154 g/mol. The standard InChI is InChI=1S/C9H13NO2/c1-7(10-12)9(11)8-5-3-2-4-6-8/h2-7,9-12H,1H3. The zero-order valence-electron chi connectivity index (χ0n) is 6.94. The summed E-state index contributed by atoms with van der Waals surface area (Å²) in [5.74, 6) is 0. The highest BCUT2D eigenvalue weighted by molar-refractivity contribution is 5.18. The molecule has 66 valence electrons. The van der Waals surface area contributed by atoms with Crippen LogP contribution in [0, 0.1) is 0 Å². The third-order valence-corrected chi connectivity index (χ3v) is 1.82. The number of hydroxylamine groups is 1. The van der Waals surface area contributed by atoms with Crippen LogP contribution in [-0.4, -0.2) is 16.4 Å². The summed E-state index contributed by atoms with van der Waals surface area (Å²) in [6.07, 6.45) is -0.670. The molecule has 0 heterocycles. The number of aliphatic hydroxyl groups excluding tert-OH is 1. The Morgan fingerprint density at radius 2 is 1.83 bits per heavy atom. The molecule has 0 aromatic heterocycles. The van der Waals surface area contributed by atoms with Crippen molar-refractivity contribution in [2.24, 2.45) is 0 Å². The fourth-order valence-corrected chi connectivity index (χ4v) is 1.01. The van der Waals surface area contributed by atoms with Gasteiger partial charge in [-0.1, -0.05) is 30.3 Å². The van der Waals surface area contributed by atoms with Crippen molar-refractivity contribution in [1.82, 2.24) is 5.48 Å². The smallest absolute Gasteiger partial charge is 0.0963 e. The molecule has 1 aromatic carbocycles.